The van der Waals surface area contributed by atoms with Gasteiger partial charge in [-0.1, -0.05) is 17.7 Å². The molecule has 3 aliphatic rings. The number of likely N-dealkylation sites (tertiary alicyclic amines) is 2. The Morgan fingerprint density at radius 3 is 2.26 bits per heavy atom. The lowest BCUT2D eigenvalue weighted by molar-refractivity contribution is -0.135. The third kappa shape index (κ3) is 4.76. The minimum atomic E-state index is 0.0896. The van der Waals surface area contributed by atoms with E-state index in [1.807, 2.05) is 26.0 Å². The highest BCUT2D eigenvalue weighted by Gasteiger charge is 2.42. The van der Waals surface area contributed by atoms with Crippen molar-refractivity contribution in [2.45, 2.75) is 33.6 Å². The van der Waals surface area contributed by atoms with Gasteiger partial charge in [0.25, 0.3) is 0 Å². The molecule has 8 nitrogen and oxygen atoms in total. The van der Waals surface area contributed by atoms with Crippen molar-refractivity contribution in [2.75, 3.05) is 56.9 Å². The molecule has 0 spiro atoms. The third-order valence-corrected chi connectivity index (χ3v) is 7.98. The molecule has 3 saturated heterocycles. The number of nitrogens with two attached hydrogens (primary N) is 1. The average molecular weight is 476 g/mol. The maximum atomic E-state index is 13.2. The number of hydrogen-bond donors (Lipinski definition) is 1. The maximum absolute atomic E-state index is 13.2. The Morgan fingerprint density at radius 1 is 1.00 bits per heavy atom. The molecule has 0 aliphatic carbocycles. The Labute approximate surface area is 208 Å². The summed E-state index contributed by atoms with van der Waals surface area (Å²) in [4.78, 5) is 24.7. The van der Waals surface area contributed by atoms with Crippen molar-refractivity contribution in [1.82, 2.24) is 20.0 Å². The zero-order valence-electron chi connectivity index (χ0n) is 21.4. The Balaban J connectivity index is 1.26. The number of nitrogens with zero attached hydrogens (tertiary/aromatic N) is 6. The summed E-state index contributed by atoms with van der Waals surface area (Å²) in [5.41, 5.74) is 11.8. The number of aliphatic imine (C=N–C) groups is 1. The van der Waals surface area contributed by atoms with Crippen LogP contribution in [0.2, 0.25) is 0 Å². The summed E-state index contributed by atoms with van der Waals surface area (Å²) < 4.78 is 0. The summed E-state index contributed by atoms with van der Waals surface area (Å²) in [5.74, 6) is 2.43. The molecule has 3 aliphatic heterocycles. The molecule has 35 heavy (non-hydrogen) atoms. The molecule has 1 aromatic carbocycles. The largest absolute Gasteiger partial charge is 0.395 e. The molecule has 1 amide bonds. The van der Waals surface area contributed by atoms with Gasteiger partial charge in [0.05, 0.1) is 17.1 Å². The summed E-state index contributed by atoms with van der Waals surface area (Å²) in [5, 5.41) is 8.87. The van der Waals surface area contributed by atoms with Gasteiger partial charge < -0.3 is 20.4 Å². The van der Waals surface area contributed by atoms with E-state index in [9.17, 15) is 4.79 Å². The maximum Gasteiger partial charge on any atom is 0.225 e. The second-order valence-corrected chi connectivity index (χ2v) is 10.7. The second kappa shape index (κ2) is 9.57. The molecule has 186 valence electrons. The van der Waals surface area contributed by atoms with Gasteiger partial charge in [0, 0.05) is 56.5 Å². The van der Waals surface area contributed by atoms with Crippen molar-refractivity contribution < 1.29 is 4.79 Å². The minimum Gasteiger partial charge on any atom is -0.395 e. The van der Waals surface area contributed by atoms with Crippen molar-refractivity contribution in [3.05, 3.63) is 41.1 Å². The van der Waals surface area contributed by atoms with Crippen LogP contribution in [0.5, 0.6) is 0 Å². The smallest absolute Gasteiger partial charge is 0.225 e. The third-order valence-electron chi connectivity index (χ3n) is 7.98. The lowest BCUT2D eigenvalue weighted by Gasteiger charge is -2.34. The number of hydrogen-bond acceptors (Lipinski definition) is 7. The van der Waals surface area contributed by atoms with Gasteiger partial charge in [0.1, 0.15) is 0 Å². The molecular formula is C27H37N7O. The van der Waals surface area contributed by atoms with E-state index < -0.39 is 0 Å². The Morgan fingerprint density at radius 2 is 1.63 bits per heavy atom. The van der Waals surface area contributed by atoms with Crippen LogP contribution in [0.3, 0.4) is 0 Å². The van der Waals surface area contributed by atoms with Crippen LogP contribution in [0.25, 0.3) is 0 Å². The highest BCUT2D eigenvalue weighted by molar-refractivity contribution is 6.06. The van der Waals surface area contributed by atoms with Gasteiger partial charge in [-0.25, -0.2) is 0 Å². The first-order valence-electron chi connectivity index (χ1n) is 12.8. The molecule has 0 bridgehead atoms. The predicted molar refractivity (Wildman–Crippen MR) is 140 cm³/mol. The minimum absolute atomic E-state index is 0.0896. The van der Waals surface area contributed by atoms with Gasteiger partial charge in [-0.3, -0.25) is 9.79 Å². The fourth-order valence-corrected chi connectivity index (χ4v) is 6.10. The topological polar surface area (TPSA) is 91.0 Å². The van der Waals surface area contributed by atoms with Gasteiger partial charge >= 0.3 is 0 Å². The predicted octanol–water partition coefficient (Wildman–Crippen LogP) is 3.05. The zero-order chi connectivity index (χ0) is 24.7. The Bertz CT molecular complexity index is 1110. The van der Waals surface area contributed by atoms with Crippen molar-refractivity contribution in [2.24, 2.45) is 22.7 Å². The first-order chi connectivity index (χ1) is 16.8. The van der Waals surface area contributed by atoms with Crippen molar-refractivity contribution >= 4 is 28.8 Å². The molecule has 2 aromatic rings. The first kappa shape index (κ1) is 23.7. The van der Waals surface area contributed by atoms with E-state index in [-0.39, 0.29) is 5.92 Å². The van der Waals surface area contributed by atoms with Gasteiger partial charge in [-0.15, -0.1) is 5.10 Å². The zero-order valence-corrected chi connectivity index (χ0v) is 21.4. The number of fused-ring (bicyclic) bond motifs is 1. The van der Waals surface area contributed by atoms with E-state index in [1.165, 1.54) is 5.56 Å². The van der Waals surface area contributed by atoms with Crippen LogP contribution in [-0.2, 0) is 4.79 Å². The quantitative estimate of drug-likeness (QED) is 0.684. The average Bonchev–Trinajstić information content (AvgIpc) is 3.38. The summed E-state index contributed by atoms with van der Waals surface area (Å²) in [6, 6.07) is 8.12. The van der Waals surface area contributed by atoms with E-state index in [0.29, 0.717) is 29.2 Å². The van der Waals surface area contributed by atoms with Crippen LogP contribution in [0.4, 0.5) is 17.2 Å². The SMILES string of the molecule is CC(=Nc1ccc(C)cc1)c1c(C)nnc(N2CCC(C(=O)N3CC4CN(C)CC4C3)CC2)c1N. The van der Waals surface area contributed by atoms with Crippen molar-refractivity contribution in [1.29, 1.82) is 0 Å². The van der Waals surface area contributed by atoms with E-state index in [4.69, 9.17) is 10.7 Å². The monoisotopic (exact) mass is 475 g/mol. The van der Waals surface area contributed by atoms with E-state index in [2.05, 4.69) is 51.0 Å². The highest BCUT2D eigenvalue weighted by atomic mass is 16.2. The molecule has 5 rings (SSSR count). The molecular weight excluding hydrogens is 438 g/mol. The highest BCUT2D eigenvalue weighted by Crippen LogP contribution is 2.34. The van der Waals surface area contributed by atoms with Crippen molar-refractivity contribution in [3.8, 4) is 0 Å². The standard InChI is InChI=1S/C27H37N7O/c1-17-5-7-23(8-6-17)29-18(2)24-19(3)30-31-26(25(24)28)33-11-9-20(10-12-33)27(35)34-15-21-13-32(4)14-22(21)16-34/h5-8,20-22H,9-16H2,1-4H3,(H2,28,30). The molecule has 2 unspecified atom stereocenters. The normalized spacial score (nSPS) is 23.7. The number of carbonyl (C=O) groups excluding carboxylic acids is 1. The molecule has 4 heterocycles. The summed E-state index contributed by atoms with van der Waals surface area (Å²) in [6.07, 6.45) is 1.65. The number of piperidine rings is 1. The number of benzene rings is 1. The van der Waals surface area contributed by atoms with Crippen LogP contribution in [-0.4, -0.2) is 77.9 Å². The fourth-order valence-electron chi connectivity index (χ4n) is 6.10. The van der Waals surface area contributed by atoms with Crippen LogP contribution < -0.4 is 10.6 Å². The summed E-state index contributed by atoms with van der Waals surface area (Å²) in [7, 11) is 2.18. The molecule has 8 heteroatoms. The van der Waals surface area contributed by atoms with Crippen molar-refractivity contribution in [3.63, 3.8) is 0 Å². The molecule has 1 aromatic heterocycles. The van der Waals surface area contributed by atoms with Crippen LogP contribution in [0.1, 0.15) is 36.6 Å². The number of anilines is 2. The van der Waals surface area contributed by atoms with Gasteiger partial charge in [-0.05, 0) is 64.6 Å². The van der Waals surface area contributed by atoms with Gasteiger partial charge in [0.15, 0.2) is 5.82 Å². The molecule has 2 atom stereocenters. The summed E-state index contributed by atoms with van der Waals surface area (Å²) in [6.45, 7) is 11.6. The number of nitrogen functional groups attached to an aromatic ring is 1. The second-order valence-electron chi connectivity index (χ2n) is 10.7. The van der Waals surface area contributed by atoms with Crippen LogP contribution >= 0.6 is 0 Å². The van der Waals surface area contributed by atoms with Crippen LogP contribution in [0, 0.1) is 31.6 Å². The van der Waals surface area contributed by atoms with E-state index >= 15 is 0 Å². The lowest BCUT2D eigenvalue weighted by atomic mass is 9.95. The molecule has 3 fully saturated rings. The number of rotatable bonds is 4. The Hall–Kier alpha value is -3.00. The number of amides is 1. The molecule has 2 N–H and O–H groups in total. The number of aromatic nitrogens is 2. The van der Waals surface area contributed by atoms with Gasteiger partial charge in [-0.2, -0.15) is 5.10 Å². The van der Waals surface area contributed by atoms with Crippen LogP contribution in [0.15, 0.2) is 29.3 Å². The summed E-state index contributed by atoms with van der Waals surface area (Å²) >= 11 is 0. The number of carbonyl (C=O) groups is 1. The lowest BCUT2D eigenvalue weighted by Crippen LogP contribution is -2.43. The van der Waals surface area contributed by atoms with E-state index in [1.54, 1.807) is 0 Å². The van der Waals surface area contributed by atoms with Gasteiger partial charge in [0.2, 0.25) is 5.91 Å². The van der Waals surface area contributed by atoms with E-state index in [0.717, 1.165) is 74.8 Å². The molecule has 0 saturated carbocycles. The first-order valence-corrected chi connectivity index (χ1v) is 12.8. The fraction of sp³-hybridized carbons (Fsp3) is 0.556. The molecule has 0 radical (unpaired) electrons. The number of aryl methyl sites for hydroxylation is 2. The Kier molecular flexibility index (Phi) is 6.49.